The molecule has 0 aromatic heterocycles. The number of nitrogens with two attached hydrogens (primary N) is 2. The highest BCUT2D eigenvalue weighted by Gasteiger charge is 2.62. The molecule has 1 amide bonds. The van der Waals surface area contributed by atoms with E-state index < -0.39 is 55.7 Å². The lowest BCUT2D eigenvalue weighted by Gasteiger charge is -2.30. The van der Waals surface area contributed by atoms with E-state index in [1.54, 1.807) is 0 Å². The van der Waals surface area contributed by atoms with Crippen molar-refractivity contribution in [2.24, 2.45) is 22.4 Å². The van der Waals surface area contributed by atoms with E-state index in [1.165, 1.54) is 0 Å². The maximum absolute atomic E-state index is 14.6. The number of halogens is 5. The van der Waals surface area contributed by atoms with Crippen LogP contribution in [0.15, 0.2) is 22.0 Å². The van der Waals surface area contributed by atoms with Crippen molar-refractivity contribution in [2.45, 2.75) is 55.5 Å². The van der Waals surface area contributed by atoms with Crippen molar-refractivity contribution in [1.82, 2.24) is 0 Å². The average molecular weight is 455 g/mol. The largest absolute Gasteiger partial charge is 0.458 e. The van der Waals surface area contributed by atoms with Gasteiger partial charge in [-0.3, -0.25) is 4.79 Å². The van der Waals surface area contributed by atoms with Crippen molar-refractivity contribution < 1.29 is 35.2 Å². The Bertz CT molecular complexity index is 962. The summed E-state index contributed by atoms with van der Waals surface area (Å²) in [6.07, 6.45) is -3.47. The van der Waals surface area contributed by atoms with Gasteiger partial charge in [-0.15, -0.1) is 0 Å². The Morgan fingerprint density at radius 2 is 1.60 bits per heavy atom. The lowest BCUT2D eigenvalue weighted by atomic mass is 9.78. The molecule has 0 heterocycles. The van der Waals surface area contributed by atoms with Gasteiger partial charge in [-0.05, 0) is 36.3 Å². The third-order valence-corrected chi connectivity index (χ3v) is 6.33. The van der Waals surface area contributed by atoms with E-state index in [9.17, 15) is 35.2 Å². The Hall–Kier alpha value is -2.24. The lowest BCUT2D eigenvalue weighted by molar-refractivity contribution is -0.290. The van der Waals surface area contributed by atoms with Gasteiger partial charge in [-0.1, -0.05) is 25.8 Å². The molecule has 0 bridgehead atoms. The standard InChI is InChI=1S/C18H22F5N3O3S/c1-9-3-5-10(6-4-9)11-7-8-12(15(27)26-16(24)25)13(14(11)30(2,28)29)17(19,20)18(21,22)23/h7-10H,3-6H2,1-2H3,(H4,24,25,26,27). The highest BCUT2D eigenvalue weighted by molar-refractivity contribution is 7.90. The molecule has 30 heavy (non-hydrogen) atoms. The molecule has 0 spiro atoms. The number of amides is 1. The summed E-state index contributed by atoms with van der Waals surface area (Å²) < 4.78 is 93.9. The van der Waals surface area contributed by atoms with Crippen molar-refractivity contribution >= 4 is 21.7 Å². The normalized spacial score (nSPS) is 20.6. The van der Waals surface area contributed by atoms with Crippen molar-refractivity contribution in [1.29, 1.82) is 0 Å². The number of aliphatic imine (C=N–C) groups is 1. The SMILES string of the molecule is CC1CCC(c2ccc(C(=O)N=C(N)N)c(C(F)(F)C(F)(F)F)c2S(C)(=O)=O)CC1. The van der Waals surface area contributed by atoms with Crippen LogP contribution >= 0.6 is 0 Å². The summed E-state index contributed by atoms with van der Waals surface area (Å²) in [6.45, 7) is 1.97. The number of rotatable bonds is 4. The molecule has 1 saturated carbocycles. The third kappa shape index (κ3) is 4.73. The van der Waals surface area contributed by atoms with Gasteiger partial charge in [0.15, 0.2) is 15.8 Å². The summed E-state index contributed by atoms with van der Waals surface area (Å²) in [5.74, 6) is -8.31. The second-order valence-corrected chi connectivity index (χ2v) is 9.50. The first kappa shape index (κ1) is 24.0. The summed E-state index contributed by atoms with van der Waals surface area (Å²) in [7, 11) is -4.60. The molecule has 1 fully saturated rings. The number of carbonyl (C=O) groups excluding carboxylic acids is 1. The van der Waals surface area contributed by atoms with Gasteiger partial charge in [-0.2, -0.15) is 26.9 Å². The third-order valence-electron chi connectivity index (χ3n) is 5.15. The number of hydrogen-bond acceptors (Lipinski definition) is 3. The van der Waals surface area contributed by atoms with Crippen LogP contribution in [-0.2, 0) is 15.8 Å². The van der Waals surface area contributed by atoms with Crippen LogP contribution in [0.5, 0.6) is 0 Å². The smallest absolute Gasteiger partial charge is 0.370 e. The van der Waals surface area contributed by atoms with Crippen LogP contribution < -0.4 is 11.5 Å². The predicted octanol–water partition coefficient (Wildman–Crippen LogP) is 3.45. The summed E-state index contributed by atoms with van der Waals surface area (Å²) in [5, 5.41) is 0. The molecule has 168 valence electrons. The summed E-state index contributed by atoms with van der Waals surface area (Å²) in [5.41, 5.74) is 6.75. The first-order chi connectivity index (χ1) is 13.6. The second kappa shape index (κ2) is 8.12. The molecule has 1 aromatic carbocycles. The van der Waals surface area contributed by atoms with E-state index in [2.05, 4.69) is 4.99 Å². The Morgan fingerprint density at radius 1 is 1.07 bits per heavy atom. The summed E-state index contributed by atoms with van der Waals surface area (Å²) in [4.78, 5) is 14.0. The maximum Gasteiger partial charge on any atom is 0.458 e. The molecule has 0 aliphatic heterocycles. The first-order valence-corrected chi connectivity index (χ1v) is 10.9. The minimum absolute atomic E-state index is 0.162. The van der Waals surface area contributed by atoms with Gasteiger partial charge in [0.2, 0.25) is 0 Å². The zero-order valence-corrected chi connectivity index (χ0v) is 17.1. The van der Waals surface area contributed by atoms with Gasteiger partial charge in [0, 0.05) is 6.26 Å². The molecule has 1 aliphatic rings. The van der Waals surface area contributed by atoms with E-state index in [-0.39, 0.29) is 5.56 Å². The Kier molecular flexibility index (Phi) is 6.51. The van der Waals surface area contributed by atoms with Crippen LogP contribution in [0, 0.1) is 5.92 Å². The number of sulfone groups is 1. The van der Waals surface area contributed by atoms with Gasteiger partial charge in [0.1, 0.15) is 0 Å². The quantitative estimate of drug-likeness (QED) is 0.410. The highest BCUT2D eigenvalue weighted by Crippen LogP contribution is 2.50. The number of benzene rings is 1. The number of nitrogens with zero attached hydrogens (tertiary/aromatic N) is 1. The van der Waals surface area contributed by atoms with Crippen LogP contribution in [0.1, 0.15) is 60.0 Å². The topological polar surface area (TPSA) is 116 Å². The van der Waals surface area contributed by atoms with E-state index in [0.717, 1.165) is 12.1 Å². The first-order valence-electron chi connectivity index (χ1n) is 9.03. The Balaban J connectivity index is 2.92. The molecule has 4 N–H and O–H groups in total. The minimum atomic E-state index is -6.15. The minimum Gasteiger partial charge on any atom is -0.370 e. The van der Waals surface area contributed by atoms with Crippen LogP contribution in [0.25, 0.3) is 0 Å². The number of alkyl halides is 5. The molecule has 12 heteroatoms. The van der Waals surface area contributed by atoms with Gasteiger partial charge in [0.25, 0.3) is 5.91 Å². The van der Waals surface area contributed by atoms with Crippen LogP contribution in [0.4, 0.5) is 22.0 Å². The average Bonchev–Trinajstić information content (AvgIpc) is 2.58. The van der Waals surface area contributed by atoms with Crippen molar-refractivity contribution in [3.8, 4) is 0 Å². The fourth-order valence-electron chi connectivity index (χ4n) is 3.70. The van der Waals surface area contributed by atoms with Crippen molar-refractivity contribution in [2.75, 3.05) is 6.26 Å². The Morgan fingerprint density at radius 3 is 2.03 bits per heavy atom. The zero-order chi connectivity index (χ0) is 23.1. The van der Waals surface area contributed by atoms with E-state index in [0.29, 0.717) is 37.9 Å². The highest BCUT2D eigenvalue weighted by atomic mass is 32.2. The molecule has 0 saturated heterocycles. The zero-order valence-electron chi connectivity index (χ0n) is 16.3. The van der Waals surface area contributed by atoms with E-state index in [4.69, 9.17) is 11.5 Å². The molecule has 2 rings (SSSR count). The fraction of sp³-hybridized carbons (Fsp3) is 0.556. The molecular formula is C18H22F5N3O3S. The van der Waals surface area contributed by atoms with Crippen LogP contribution in [0.2, 0.25) is 0 Å². The molecule has 0 unspecified atom stereocenters. The number of carbonyl (C=O) groups is 1. The van der Waals surface area contributed by atoms with Crippen molar-refractivity contribution in [3.05, 3.63) is 28.8 Å². The molecule has 1 aliphatic carbocycles. The Labute approximate surface area is 170 Å². The molecular weight excluding hydrogens is 433 g/mol. The van der Waals surface area contributed by atoms with Crippen LogP contribution in [0.3, 0.4) is 0 Å². The molecule has 0 radical (unpaired) electrons. The summed E-state index contributed by atoms with van der Waals surface area (Å²) >= 11 is 0. The monoisotopic (exact) mass is 455 g/mol. The number of hydrogen-bond donors (Lipinski definition) is 2. The maximum atomic E-state index is 14.6. The van der Waals surface area contributed by atoms with Crippen LogP contribution in [-0.4, -0.2) is 32.7 Å². The van der Waals surface area contributed by atoms with E-state index in [1.807, 2.05) is 6.92 Å². The molecule has 1 aromatic rings. The van der Waals surface area contributed by atoms with Gasteiger partial charge in [0.05, 0.1) is 16.0 Å². The summed E-state index contributed by atoms with van der Waals surface area (Å²) in [6, 6.07) is 1.83. The number of guanidine groups is 1. The molecule has 0 atom stereocenters. The van der Waals surface area contributed by atoms with Gasteiger partial charge in [-0.25, -0.2) is 8.42 Å². The van der Waals surface area contributed by atoms with Gasteiger partial charge >= 0.3 is 12.1 Å². The van der Waals surface area contributed by atoms with E-state index >= 15 is 0 Å². The second-order valence-electron chi connectivity index (χ2n) is 7.55. The van der Waals surface area contributed by atoms with Gasteiger partial charge < -0.3 is 11.5 Å². The predicted molar refractivity (Wildman–Crippen MR) is 100 cm³/mol. The lowest BCUT2D eigenvalue weighted by Crippen LogP contribution is -2.37. The molecule has 6 nitrogen and oxygen atoms in total. The fourth-order valence-corrected chi connectivity index (χ4v) is 4.97. The van der Waals surface area contributed by atoms with Crippen molar-refractivity contribution in [3.63, 3.8) is 0 Å².